The fourth-order valence-electron chi connectivity index (χ4n) is 2.35. The average molecular weight is 339 g/mol. The van der Waals surface area contributed by atoms with Gasteiger partial charge in [-0.2, -0.15) is 0 Å². The quantitative estimate of drug-likeness (QED) is 0.647. The van der Waals surface area contributed by atoms with Crippen LogP contribution >= 0.6 is 0 Å². The van der Waals surface area contributed by atoms with E-state index in [1.54, 1.807) is 42.6 Å². The Hall–Kier alpha value is -3.08. The standard InChI is InChI=1S/C20H15F2NO2/c1-13-7-8-18(23-11-13)15-9-16(21)19(17(22)10-15)20(24)25-12-14-5-3-2-4-6-14/h2-11H,12H2,1H3. The molecule has 0 spiro atoms. The summed E-state index contributed by atoms with van der Waals surface area (Å²) >= 11 is 0. The van der Waals surface area contributed by atoms with Crippen LogP contribution in [0, 0.1) is 18.6 Å². The zero-order chi connectivity index (χ0) is 17.8. The molecule has 5 heteroatoms. The minimum atomic E-state index is -1.04. The number of carbonyl (C=O) groups excluding carboxylic acids is 1. The van der Waals surface area contributed by atoms with Gasteiger partial charge in [0, 0.05) is 11.8 Å². The number of hydrogen-bond donors (Lipinski definition) is 0. The molecule has 1 aromatic heterocycles. The van der Waals surface area contributed by atoms with Gasteiger partial charge in [-0.3, -0.25) is 4.98 Å². The minimum Gasteiger partial charge on any atom is -0.457 e. The van der Waals surface area contributed by atoms with Crippen molar-refractivity contribution in [2.75, 3.05) is 0 Å². The topological polar surface area (TPSA) is 39.2 Å². The predicted molar refractivity (Wildman–Crippen MR) is 89.9 cm³/mol. The lowest BCUT2D eigenvalue weighted by atomic mass is 10.1. The fraction of sp³-hybridized carbons (Fsp3) is 0.100. The van der Waals surface area contributed by atoms with E-state index in [0.717, 1.165) is 23.3 Å². The molecule has 0 aliphatic heterocycles. The predicted octanol–water partition coefficient (Wildman–Crippen LogP) is 4.69. The highest BCUT2D eigenvalue weighted by Gasteiger charge is 2.21. The van der Waals surface area contributed by atoms with Crippen molar-refractivity contribution in [3.8, 4) is 11.3 Å². The first kappa shape index (κ1) is 16.8. The number of esters is 1. The number of halogens is 2. The van der Waals surface area contributed by atoms with Gasteiger partial charge < -0.3 is 4.74 Å². The molecule has 3 rings (SSSR count). The molecule has 0 N–H and O–H groups in total. The molecule has 1 heterocycles. The van der Waals surface area contributed by atoms with E-state index < -0.39 is 23.2 Å². The third-order valence-corrected chi connectivity index (χ3v) is 3.67. The second-order valence-electron chi connectivity index (χ2n) is 5.60. The molecule has 0 aliphatic carbocycles. The second-order valence-corrected chi connectivity index (χ2v) is 5.60. The molecule has 3 aromatic rings. The van der Waals surface area contributed by atoms with Crippen LogP contribution in [0.4, 0.5) is 8.78 Å². The van der Waals surface area contributed by atoms with Gasteiger partial charge in [0.05, 0.1) is 5.69 Å². The monoisotopic (exact) mass is 339 g/mol. The Labute approximate surface area is 143 Å². The zero-order valence-corrected chi connectivity index (χ0v) is 13.5. The van der Waals surface area contributed by atoms with Crippen LogP contribution in [0.1, 0.15) is 21.5 Å². The van der Waals surface area contributed by atoms with Gasteiger partial charge in [-0.25, -0.2) is 13.6 Å². The summed E-state index contributed by atoms with van der Waals surface area (Å²) in [5.74, 6) is -2.99. The minimum absolute atomic E-state index is 0.0557. The van der Waals surface area contributed by atoms with E-state index in [-0.39, 0.29) is 12.2 Å². The number of ether oxygens (including phenoxy) is 1. The van der Waals surface area contributed by atoms with Gasteiger partial charge in [0.2, 0.25) is 0 Å². The van der Waals surface area contributed by atoms with Crippen LogP contribution in [0.5, 0.6) is 0 Å². The number of hydrogen-bond acceptors (Lipinski definition) is 3. The van der Waals surface area contributed by atoms with Gasteiger partial charge in [0.15, 0.2) is 0 Å². The smallest absolute Gasteiger partial charge is 0.344 e. The van der Waals surface area contributed by atoms with Crippen molar-refractivity contribution in [2.24, 2.45) is 0 Å². The molecule has 0 saturated heterocycles. The third-order valence-electron chi connectivity index (χ3n) is 3.67. The summed E-state index contributed by atoms with van der Waals surface area (Å²) in [6.07, 6.45) is 1.60. The average Bonchev–Trinajstić information content (AvgIpc) is 2.61. The van der Waals surface area contributed by atoms with E-state index in [1.807, 2.05) is 13.0 Å². The number of aromatic nitrogens is 1. The van der Waals surface area contributed by atoms with Crippen molar-refractivity contribution in [1.82, 2.24) is 4.98 Å². The number of nitrogens with zero attached hydrogens (tertiary/aromatic N) is 1. The first-order chi connectivity index (χ1) is 12.0. The molecule has 0 saturated carbocycles. The van der Waals surface area contributed by atoms with Crippen LogP contribution in [0.25, 0.3) is 11.3 Å². The molecular formula is C20H15F2NO2. The van der Waals surface area contributed by atoms with Crippen molar-refractivity contribution in [1.29, 1.82) is 0 Å². The molecule has 2 aromatic carbocycles. The maximum absolute atomic E-state index is 14.3. The highest BCUT2D eigenvalue weighted by molar-refractivity contribution is 5.90. The van der Waals surface area contributed by atoms with Gasteiger partial charge in [-0.05, 0) is 36.2 Å². The molecule has 0 aliphatic rings. The Balaban J connectivity index is 1.82. The first-order valence-electron chi connectivity index (χ1n) is 7.67. The van der Waals surface area contributed by atoms with Crippen molar-refractivity contribution >= 4 is 5.97 Å². The van der Waals surface area contributed by atoms with E-state index in [2.05, 4.69) is 4.98 Å². The fourth-order valence-corrected chi connectivity index (χ4v) is 2.35. The van der Waals surface area contributed by atoms with Crippen LogP contribution in [-0.4, -0.2) is 11.0 Å². The molecular weight excluding hydrogens is 324 g/mol. The van der Waals surface area contributed by atoms with Crippen molar-refractivity contribution < 1.29 is 18.3 Å². The van der Waals surface area contributed by atoms with Crippen molar-refractivity contribution in [3.63, 3.8) is 0 Å². The van der Waals surface area contributed by atoms with Crippen LogP contribution in [-0.2, 0) is 11.3 Å². The normalized spacial score (nSPS) is 10.5. The molecule has 0 fully saturated rings. The van der Waals surface area contributed by atoms with Crippen molar-refractivity contribution in [2.45, 2.75) is 13.5 Å². The Morgan fingerprint density at radius 3 is 2.32 bits per heavy atom. The number of carbonyl (C=O) groups is 1. The highest BCUT2D eigenvalue weighted by atomic mass is 19.1. The number of rotatable bonds is 4. The molecule has 3 nitrogen and oxygen atoms in total. The van der Waals surface area contributed by atoms with Gasteiger partial charge in [0.25, 0.3) is 0 Å². The molecule has 0 bridgehead atoms. The third kappa shape index (κ3) is 3.88. The van der Waals surface area contributed by atoms with E-state index in [9.17, 15) is 13.6 Å². The molecule has 126 valence electrons. The number of pyridine rings is 1. The summed E-state index contributed by atoms with van der Waals surface area (Å²) in [6.45, 7) is 1.81. The van der Waals surface area contributed by atoms with Gasteiger partial charge in [-0.15, -0.1) is 0 Å². The lowest BCUT2D eigenvalue weighted by molar-refractivity contribution is 0.0461. The largest absolute Gasteiger partial charge is 0.457 e. The Kier molecular flexibility index (Phi) is 4.84. The molecule has 0 amide bonds. The molecule has 25 heavy (non-hydrogen) atoms. The van der Waals surface area contributed by atoms with E-state index in [1.165, 1.54) is 0 Å². The summed E-state index contributed by atoms with van der Waals surface area (Å²) in [7, 11) is 0. The maximum atomic E-state index is 14.3. The van der Waals surface area contributed by atoms with Crippen LogP contribution in [0.2, 0.25) is 0 Å². The summed E-state index contributed by atoms with van der Waals surface area (Å²) in [4.78, 5) is 16.2. The lowest BCUT2D eigenvalue weighted by Crippen LogP contribution is -2.10. The van der Waals surface area contributed by atoms with Crippen molar-refractivity contribution in [3.05, 3.63) is 89.1 Å². The van der Waals surface area contributed by atoms with E-state index >= 15 is 0 Å². The SMILES string of the molecule is Cc1ccc(-c2cc(F)c(C(=O)OCc3ccccc3)c(F)c2)nc1. The van der Waals surface area contributed by atoms with Gasteiger partial charge in [0.1, 0.15) is 23.8 Å². The van der Waals surface area contributed by atoms with Crippen LogP contribution in [0.15, 0.2) is 60.8 Å². The molecule has 0 unspecified atom stereocenters. The lowest BCUT2D eigenvalue weighted by Gasteiger charge is -2.09. The molecule has 0 atom stereocenters. The summed E-state index contributed by atoms with van der Waals surface area (Å²) in [5.41, 5.74) is 1.65. The summed E-state index contributed by atoms with van der Waals surface area (Å²) < 4.78 is 33.6. The zero-order valence-electron chi connectivity index (χ0n) is 13.5. The Morgan fingerprint density at radius 2 is 1.72 bits per heavy atom. The van der Waals surface area contributed by atoms with E-state index in [4.69, 9.17) is 4.74 Å². The van der Waals surface area contributed by atoms with Crippen LogP contribution in [0.3, 0.4) is 0 Å². The van der Waals surface area contributed by atoms with E-state index in [0.29, 0.717) is 5.69 Å². The van der Waals surface area contributed by atoms with Gasteiger partial charge in [-0.1, -0.05) is 36.4 Å². The Morgan fingerprint density at radius 1 is 1.04 bits per heavy atom. The number of aryl methyl sites for hydroxylation is 1. The van der Waals surface area contributed by atoms with Gasteiger partial charge >= 0.3 is 5.97 Å². The molecule has 0 radical (unpaired) electrons. The maximum Gasteiger partial charge on any atom is 0.344 e. The number of benzene rings is 2. The second kappa shape index (κ2) is 7.21. The Bertz CT molecular complexity index is 870. The first-order valence-corrected chi connectivity index (χ1v) is 7.67. The summed E-state index contributed by atoms with van der Waals surface area (Å²) in [6, 6.07) is 14.5. The highest BCUT2D eigenvalue weighted by Crippen LogP contribution is 2.24. The van der Waals surface area contributed by atoms with Crippen LogP contribution < -0.4 is 0 Å². The summed E-state index contributed by atoms with van der Waals surface area (Å²) in [5, 5.41) is 0.